The van der Waals surface area contributed by atoms with Gasteiger partial charge in [-0.25, -0.2) is 0 Å². The first-order valence-corrected chi connectivity index (χ1v) is 4.73. The summed E-state index contributed by atoms with van der Waals surface area (Å²) in [6, 6.07) is 3.74. The highest BCUT2D eigenvalue weighted by molar-refractivity contribution is 9.10. The van der Waals surface area contributed by atoms with Gasteiger partial charge in [-0.1, -0.05) is 28.3 Å². The lowest BCUT2D eigenvalue weighted by molar-refractivity contribution is -0.385. The van der Waals surface area contributed by atoms with Gasteiger partial charge in [0.1, 0.15) is 0 Å². The van der Waals surface area contributed by atoms with E-state index in [1.54, 1.807) is 0 Å². The van der Waals surface area contributed by atoms with Crippen LogP contribution in [0.4, 0.5) is 18.6 Å². The number of benzene rings is 1. The van der Waals surface area contributed by atoms with Gasteiger partial charge >= 0.3 is 6.98 Å². The topological polar surface area (TPSA) is 43.1 Å². The van der Waals surface area contributed by atoms with Gasteiger partial charge in [0.05, 0.1) is 4.92 Å². The molecule has 0 heterocycles. The minimum atomic E-state index is -5.08. The molecule has 0 spiro atoms. The highest BCUT2D eigenvalue weighted by Crippen LogP contribution is 2.30. The van der Waals surface area contributed by atoms with Crippen LogP contribution in [0, 0.1) is 10.1 Å². The van der Waals surface area contributed by atoms with Crippen molar-refractivity contribution in [2.45, 2.75) is 6.32 Å². The van der Waals surface area contributed by atoms with E-state index < -0.39 is 23.9 Å². The molecule has 0 amide bonds. The average molecular weight is 283 g/mol. The van der Waals surface area contributed by atoms with E-state index in [0.29, 0.717) is 0 Å². The number of rotatable bonds is 3. The number of nitro benzene ring substituents is 1. The quantitative estimate of drug-likeness (QED) is 0.485. The third-order valence-corrected chi connectivity index (χ3v) is 2.47. The van der Waals surface area contributed by atoms with Crippen LogP contribution in [0.2, 0.25) is 0 Å². The molecule has 0 aliphatic carbocycles. The van der Waals surface area contributed by atoms with E-state index in [4.69, 9.17) is 0 Å². The van der Waals surface area contributed by atoms with Crippen molar-refractivity contribution < 1.29 is 17.9 Å². The van der Waals surface area contributed by atoms with E-state index >= 15 is 0 Å². The molecule has 0 aromatic heterocycles. The smallest absolute Gasteiger partial charge is 0.449 e. The van der Waals surface area contributed by atoms with E-state index in [-0.39, 0.29) is 10.0 Å². The number of hydrogen-bond donors (Lipinski definition) is 0. The van der Waals surface area contributed by atoms with E-state index in [9.17, 15) is 23.1 Å². The van der Waals surface area contributed by atoms with Gasteiger partial charge in [-0.3, -0.25) is 10.1 Å². The van der Waals surface area contributed by atoms with Gasteiger partial charge in [0.15, 0.2) is 0 Å². The summed E-state index contributed by atoms with van der Waals surface area (Å²) in [7, 11) is 0. The summed E-state index contributed by atoms with van der Waals surface area (Å²) < 4.78 is 36.7. The van der Waals surface area contributed by atoms with Crippen LogP contribution in [0.1, 0.15) is 5.56 Å². The highest BCUT2D eigenvalue weighted by atomic mass is 79.9. The average Bonchev–Trinajstić information content (AvgIpc) is 2.05. The Morgan fingerprint density at radius 2 is 2.00 bits per heavy atom. The van der Waals surface area contributed by atoms with Crippen molar-refractivity contribution in [3.8, 4) is 0 Å². The number of nitro groups is 1. The van der Waals surface area contributed by atoms with Gasteiger partial charge < -0.3 is 12.9 Å². The Kier molecular flexibility index (Phi) is 3.38. The maximum absolute atomic E-state index is 12.2. The molecule has 3 nitrogen and oxygen atoms in total. The first kappa shape index (κ1) is 12.0. The number of halogens is 4. The fourth-order valence-corrected chi connectivity index (χ4v) is 1.67. The van der Waals surface area contributed by atoms with Crippen LogP contribution in [-0.4, -0.2) is 11.9 Å². The van der Waals surface area contributed by atoms with Crippen LogP contribution in [0.5, 0.6) is 0 Å². The molecule has 1 rings (SSSR count). The Labute approximate surface area is 91.6 Å². The molecular formula is C7H5BBrF3NO2-. The van der Waals surface area contributed by atoms with Crippen molar-refractivity contribution in [3.63, 3.8) is 0 Å². The van der Waals surface area contributed by atoms with Crippen LogP contribution in [-0.2, 0) is 6.32 Å². The SMILES string of the molecule is O=[N+]([O-])c1cccc(Br)c1C[B-](F)(F)F. The molecule has 0 atom stereocenters. The van der Waals surface area contributed by atoms with Crippen molar-refractivity contribution in [1.82, 2.24) is 0 Å². The first-order chi connectivity index (χ1) is 6.81. The van der Waals surface area contributed by atoms with Gasteiger partial charge in [-0.15, -0.1) is 0 Å². The van der Waals surface area contributed by atoms with Crippen molar-refractivity contribution >= 4 is 28.6 Å². The largest absolute Gasteiger partial charge is 0.482 e. The van der Waals surface area contributed by atoms with E-state index in [2.05, 4.69) is 15.9 Å². The lowest BCUT2D eigenvalue weighted by Gasteiger charge is -2.14. The molecule has 0 aliphatic rings. The van der Waals surface area contributed by atoms with Crippen LogP contribution in [0.3, 0.4) is 0 Å². The summed E-state index contributed by atoms with van der Waals surface area (Å²) in [6.45, 7) is -5.08. The van der Waals surface area contributed by atoms with Gasteiger partial charge in [-0.2, -0.15) is 0 Å². The van der Waals surface area contributed by atoms with Crippen molar-refractivity contribution in [1.29, 1.82) is 0 Å². The van der Waals surface area contributed by atoms with E-state index in [0.717, 1.165) is 6.07 Å². The lowest BCUT2D eigenvalue weighted by Crippen LogP contribution is -2.20. The standard InChI is InChI=1S/C7H5BBrF3NO2/c9-6-2-1-3-7(13(14)15)5(6)4-8(10,11)12/h1-3H,4H2/q-1. The van der Waals surface area contributed by atoms with Gasteiger partial charge in [0.2, 0.25) is 0 Å². The first-order valence-electron chi connectivity index (χ1n) is 3.94. The second kappa shape index (κ2) is 4.22. The summed E-state index contributed by atoms with van der Waals surface area (Å²) in [4.78, 5) is 9.67. The number of hydrogen-bond acceptors (Lipinski definition) is 2. The summed E-state index contributed by atoms with van der Waals surface area (Å²) in [5.74, 6) is 0. The summed E-state index contributed by atoms with van der Waals surface area (Å²) >= 11 is 2.87. The normalized spacial score (nSPS) is 11.5. The summed E-state index contributed by atoms with van der Waals surface area (Å²) in [6.07, 6.45) is -1.25. The van der Waals surface area contributed by atoms with Crippen LogP contribution in [0.25, 0.3) is 0 Å². The van der Waals surface area contributed by atoms with Crippen LogP contribution >= 0.6 is 15.9 Å². The minimum Gasteiger partial charge on any atom is -0.449 e. The second-order valence-corrected chi connectivity index (χ2v) is 3.76. The Morgan fingerprint density at radius 1 is 1.40 bits per heavy atom. The molecule has 0 fully saturated rings. The Bertz CT molecular complexity index is 396. The van der Waals surface area contributed by atoms with Crippen LogP contribution in [0.15, 0.2) is 22.7 Å². The molecule has 0 N–H and O–H groups in total. The van der Waals surface area contributed by atoms with Gasteiger partial charge in [-0.05, 0) is 6.07 Å². The molecule has 1 aromatic rings. The Hall–Kier alpha value is -1.05. The van der Waals surface area contributed by atoms with Crippen molar-refractivity contribution in [3.05, 3.63) is 38.3 Å². The number of nitrogens with zero attached hydrogens (tertiary/aromatic N) is 1. The molecule has 82 valence electrons. The fraction of sp³-hybridized carbons (Fsp3) is 0.143. The Balaban J connectivity index is 3.19. The Morgan fingerprint density at radius 3 is 2.47 bits per heavy atom. The van der Waals surface area contributed by atoms with E-state index in [1.165, 1.54) is 12.1 Å². The zero-order valence-electron chi connectivity index (χ0n) is 7.29. The molecule has 1 aromatic carbocycles. The minimum absolute atomic E-state index is 0.107. The van der Waals surface area contributed by atoms with Gasteiger partial charge in [0, 0.05) is 16.1 Å². The fourth-order valence-electron chi connectivity index (χ4n) is 1.15. The van der Waals surface area contributed by atoms with Gasteiger partial charge in [0.25, 0.3) is 5.69 Å². The van der Waals surface area contributed by atoms with Crippen molar-refractivity contribution in [2.24, 2.45) is 0 Å². The van der Waals surface area contributed by atoms with E-state index in [1.807, 2.05) is 0 Å². The summed E-state index contributed by atoms with van der Waals surface area (Å²) in [5, 5.41) is 10.5. The summed E-state index contributed by atoms with van der Waals surface area (Å²) in [5.41, 5.74) is -0.835. The lowest BCUT2D eigenvalue weighted by atomic mass is 9.81. The highest BCUT2D eigenvalue weighted by Gasteiger charge is 2.28. The molecule has 0 saturated heterocycles. The van der Waals surface area contributed by atoms with Crippen molar-refractivity contribution in [2.75, 3.05) is 0 Å². The predicted molar refractivity (Wildman–Crippen MR) is 53.6 cm³/mol. The molecule has 0 bridgehead atoms. The zero-order valence-corrected chi connectivity index (χ0v) is 8.88. The molecule has 0 radical (unpaired) electrons. The molecule has 0 saturated carbocycles. The molecule has 15 heavy (non-hydrogen) atoms. The monoisotopic (exact) mass is 282 g/mol. The molecule has 8 heteroatoms. The zero-order chi connectivity index (χ0) is 11.6. The van der Waals surface area contributed by atoms with Crippen LogP contribution < -0.4 is 0 Å². The molecule has 0 aliphatic heterocycles. The second-order valence-electron chi connectivity index (χ2n) is 2.91. The third kappa shape index (κ3) is 3.23. The molecule has 0 unspecified atom stereocenters. The molecular weight excluding hydrogens is 278 g/mol. The predicted octanol–water partition coefficient (Wildman–Crippen LogP) is 3.29. The third-order valence-electron chi connectivity index (χ3n) is 1.73. The maximum atomic E-state index is 12.2. The maximum Gasteiger partial charge on any atom is 0.482 e.